The van der Waals surface area contributed by atoms with Crippen molar-refractivity contribution in [1.82, 2.24) is 9.29 Å². The molecule has 0 atom stereocenters. The summed E-state index contributed by atoms with van der Waals surface area (Å²) in [6, 6.07) is 8.48. The van der Waals surface area contributed by atoms with Crippen molar-refractivity contribution in [2.24, 2.45) is 0 Å². The second-order valence-electron chi connectivity index (χ2n) is 7.46. The minimum atomic E-state index is -3.56. The summed E-state index contributed by atoms with van der Waals surface area (Å²) in [7, 11) is -3.56. The molecule has 1 aromatic heterocycles. The van der Waals surface area contributed by atoms with E-state index in [4.69, 9.17) is 0 Å². The number of aromatic nitrogens is 1. The van der Waals surface area contributed by atoms with Gasteiger partial charge in [-0.3, -0.25) is 0 Å². The zero-order valence-corrected chi connectivity index (χ0v) is 17.0. The quantitative estimate of drug-likeness (QED) is 0.695. The molecule has 0 spiro atoms. The van der Waals surface area contributed by atoms with Gasteiger partial charge in [-0.1, -0.05) is 23.8 Å². The van der Waals surface area contributed by atoms with Crippen LogP contribution >= 0.6 is 0 Å². The van der Waals surface area contributed by atoms with Crippen LogP contribution in [0.5, 0.6) is 0 Å². The SMILES string of the molecule is Cc1cc(C)c(S(=O)(=O)N2CC=C(c3c[nH]c4ccc(F)cc34)CC2)c(C)c1. The van der Waals surface area contributed by atoms with Gasteiger partial charge in [-0.25, -0.2) is 12.8 Å². The first kappa shape index (κ1) is 18.9. The van der Waals surface area contributed by atoms with Crippen LogP contribution in [0.4, 0.5) is 4.39 Å². The first-order chi connectivity index (χ1) is 13.3. The van der Waals surface area contributed by atoms with Gasteiger partial charge in [0.2, 0.25) is 10.0 Å². The van der Waals surface area contributed by atoms with Crippen molar-refractivity contribution in [2.45, 2.75) is 32.1 Å². The van der Waals surface area contributed by atoms with Crippen molar-refractivity contribution in [2.75, 3.05) is 13.1 Å². The Morgan fingerprint density at radius 2 is 1.79 bits per heavy atom. The van der Waals surface area contributed by atoms with Crippen molar-refractivity contribution in [3.63, 3.8) is 0 Å². The number of fused-ring (bicyclic) bond motifs is 1. The molecule has 146 valence electrons. The van der Waals surface area contributed by atoms with Gasteiger partial charge in [0.25, 0.3) is 0 Å². The highest BCUT2D eigenvalue weighted by Gasteiger charge is 2.29. The standard InChI is InChI=1S/C22H23FN2O2S/c1-14-10-15(2)22(16(3)11-14)28(26,27)25-8-6-17(7-9-25)20-13-24-21-5-4-18(23)12-19(20)21/h4-6,10-13,24H,7-9H2,1-3H3. The molecule has 4 rings (SSSR count). The van der Waals surface area contributed by atoms with E-state index < -0.39 is 10.0 Å². The van der Waals surface area contributed by atoms with Gasteiger partial charge in [0, 0.05) is 35.8 Å². The maximum absolute atomic E-state index is 13.7. The molecule has 0 amide bonds. The molecule has 28 heavy (non-hydrogen) atoms. The largest absolute Gasteiger partial charge is 0.361 e. The smallest absolute Gasteiger partial charge is 0.243 e. The van der Waals surface area contributed by atoms with Gasteiger partial charge in [0.15, 0.2) is 0 Å². The Morgan fingerprint density at radius 1 is 1.07 bits per heavy atom. The first-order valence-electron chi connectivity index (χ1n) is 9.31. The van der Waals surface area contributed by atoms with Crippen LogP contribution in [0.1, 0.15) is 28.7 Å². The number of nitrogens with one attached hydrogen (secondary N) is 1. The molecule has 1 N–H and O–H groups in total. The maximum Gasteiger partial charge on any atom is 0.243 e. The maximum atomic E-state index is 13.7. The molecule has 2 heterocycles. The molecule has 4 nitrogen and oxygen atoms in total. The first-order valence-corrected chi connectivity index (χ1v) is 10.8. The van der Waals surface area contributed by atoms with E-state index in [-0.39, 0.29) is 5.82 Å². The normalized spacial score (nSPS) is 15.8. The minimum absolute atomic E-state index is 0.278. The predicted octanol–water partition coefficient (Wildman–Crippen LogP) is 4.71. The third-order valence-corrected chi connectivity index (χ3v) is 7.54. The Balaban J connectivity index is 1.66. The highest BCUT2D eigenvalue weighted by Crippen LogP contribution is 2.32. The molecular formula is C22H23FN2O2S. The highest BCUT2D eigenvalue weighted by atomic mass is 32.2. The van der Waals surface area contributed by atoms with Gasteiger partial charge in [-0.15, -0.1) is 0 Å². The van der Waals surface area contributed by atoms with Crippen LogP contribution in [0.3, 0.4) is 0 Å². The Labute approximate surface area is 164 Å². The summed E-state index contributed by atoms with van der Waals surface area (Å²) in [6.45, 7) is 6.38. The summed E-state index contributed by atoms with van der Waals surface area (Å²) in [4.78, 5) is 3.57. The van der Waals surface area contributed by atoms with E-state index in [1.165, 1.54) is 16.4 Å². The van der Waals surface area contributed by atoms with E-state index in [0.717, 1.165) is 38.7 Å². The predicted molar refractivity (Wildman–Crippen MR) is 110 cm³/mol. The Hall–Kier alpha value is -2.44. The molecule has 2 aromatic carbocycles. The van der Waals surface area contributed by atoms with Crippen molar-refractivity contribution in [3.8, 4) is 0 Å². The van der Waals surface area contributed by atoms with Gasteiger partial charge in [0.1, 0.15) is 5.82 Å². The minimum Gasteiger partial charge on any atom is -0.361 e. The number of aryl methyl sites for hydroxylation is 3. The number of sulfonamides is 1. The average Bonchev–Trinajstić information content (AvgIpc) is 3.03. The molecule has 0 fully saturated rings. The van der Waals surface area contributed by atoms with Crippen LogP contribution in [-0.2, 0) is 10.0 Å². The van der Waals surface area contributed by atoms with E-state index >= 15 is 0 Å². The molecule has 0 unspecified atom stereocenters. The zero-order valence-electron chi connectivity index (χ0n) is 16.2. The topological polar surface area (TPSA) is 53.2 Å². The lowest BCUT2D eigenvalue weighted by atomic mass is 10.00. The summed E-state index contributed by atoms with van der Waals surface area (Å²) in [6.07, 6.45) is 4.40. The van der Waals surface area contributed by atoms with Crippen molar-refractivity contribution in [1.29, 1.82) is 0 Å². The van der Waals surface area contributed by atoms with Crippen LogP contribution in [0.2, 0.25) is 0 Å². The lowest BCUT2D eigenvalue weighted by Gasteiger charge is -2.27. The van der Waals surface area contributed by atoms with E-state index in [9.17, 15) is 12.8 Å². The molecule has 0 radical (unpaired) electrons. The van der Waals surface area contributed by atoms with Crippen molar-refractivity contribution in [3.05, 3.63) is 70.7 Å². The number of rotatable bonds is 3. The fraction of sp³-hybridized carbons (Fsp3) is 0.273. The Bertz CT molecular complexity index is 1190. The molecule has 1 aliphatic heterocycles. The monoisotopic (exact) mass is 398 g/mol. The molecule has 0 saturated carbocycles. The van der Waals surface area contributed by atoms with Crippen LogP contribution in [-0.4, -0.2) is 30.8 Å². The molecular weight excluding hydrogens is 375 g/mol. The summed E-state index contributed by atoms with van der Waals surface area (Å²) in [5.74, 6) is -0.278. The fourth-order valence-corrected chi connectivity index (χ4v) is 5.97. The highest BCUT2D eigenvalue weighted by molar-refractivity contribution is 7.89. The molecule has 0 bridgehead atoms. The van der Waals surface area contributed by atoms with Gasteiger partial charge in [-0.2, -0.15) is 4.31 Å². The fourth-order valence-electron chi connectivity index (χ4n) is 4.17. The van der Waals surface area contributed by atoms with Gasteiger partial charge >= 0.3 is 0 Å². The summed E-state index contributed by atoms with van der Waals surface area (Å²) < 4.78 is 41.6. The molecule has 6 heteroatoms. The van der Waals surface area contributed by atoms with E-state index in [1.807, 2.05) is 45.2 Å². The number of hydrogen-bond donors (Lipinski definition) is 1. The van der Waals surface area contributed by atoms with Crippen molar-refractivity contribution < 1.29 is 12.8 Å². The van der Waals surface area contributed by atoms with Gasteiger partial charge in [0.05, 0.1) is 4.90 Å². The second-order valence-corrected chi connectivity index (χ2v) is 9.34. The average molecular weight is 399 g/mol. The number of hydrogen-bond acceptors (Lipinski definition) is 2. The molecule has 0 aliphatic carbocycles. The molecule has 0 saturated heterocycles. The van der Waals surface area contributed by atoms with Crippen LogP contribution in [0.25, 0.3) is 16.5 Å². The molecule has 1 aliphatic rings. The number of benzene rings is 2. The molecule has 3 aromatic rings. The number of halogens is 1. The van der Waals surface area contributed by atoms with Crippen LogP contribution in [0, 0.1) is 26.6 Å². The third-order valence-electron chi connectivity index (χ3n) is 5.36. The van der Waals surface area contributed by atoms with Crippen LogP contribution in [0.15, 0.2) is 47.5 Å². The van der Waals surface area contributed by atoms with E-state index in [2.05, 4.69) is 4.98 Å². The second kappa shape index (κ2) is 6.87. The number of H-pyrrole nitrogens is 1. The van der Waals surface area contributed by atoms with Crippen molar-refractivity contribution >= 4 is 26.5 Å². The summed E-state index contributed by atoms with van der Waals surface area (Å²) >= 11 is 0. The lowest BCUT2D eigenvalue weighted by Crippen LogP contribution is -2.35. The number of nitrogens with zero attached hydrogens (tertiary/aromatic N) is 1. The summed E-state index contributed by atoms with van der Waals surface area (Å²) in [5.41, 5.74) is 5.47. The Kier molecular flexibility index (Phi) is 4.63. The van der Waals surface area contributed by atoms with Gasteiger partial charge < -0.3 is 4.98 Å². The van der Waals surface area contributed by atoms with Gasteiger partial charge in [-0.05, 0) is 62.1 Å². The summed E-state index contributed by atoms with van der Waals surface area (Å²) in [5, 5.41) is 0.827. The zero-order chi connectivity index (χ0) is 20.1. The van der Waals surface area contributed by atoms with E-state index in [0.29, 0.717) is 24.4 Å². The van der Waals surface area contributed by atoms with Crippen LogP contribution < -0.4 is 0 Å². The van der Waals surface area contributed by atoms with E-state index in [1.54, 1.807) is 6.07 Å². The third kappa shape index (κ3) is 3.16. The Morgan fingerprint density at radius 3 is 2.43 bits per heavy atom. The number of aromatic amines is 1. The lowest BCUT2D eigenvalue weighted by molar-refractivity contribution is 0.440.